The van der Waals surface area contributed by atoms with E-state index in [0.29, 0.717) is 23.5 Å². The van der Waals surface area contributed by atoms with Crippen LogP contribution < -0.4 is 10.1 Å². The standard InChI is InChI=1S/C17H17FN2O4/c1-10-3-5-16(23-10)17(21)19-9-12-8-14(20-24-12)11-4-6-15(22-2)13(18)7-11/h3-7,12H,8-9H2,1-2H3,(H,19,21)/t12-/m1/s1. The van der Waals surface area contributed by atoms with Crippen molar-refractivity contribution in [2.24, 2.45) is 5.16 Å². The Balaban J connectivity index is 1.55. The number of furan rings is 1. The lowest BCUT2D eigenvalue weighted by atomic mass is 10.0. The van der Waals surface area contributed by atoms with Crippen LogP contribution in [0.5, 0.6) is 5.75 Å². The summed E-state index contributed by atoms with van der Waals surface area (Å²) in [7, 11) is 1.41. The topological polar surface area (TPSA) is 73.1 Å². The van der Waals surface area contributed by atoms with Crippen LogP contribution in [0.1, 0.15) is 28.3 Å². The highest BCUT2D eigenvalue weighted by atomic mass is 19.1. The number of halogens is 1. The van der Waals surface area contributed by atoms with Gasteiger partial charge in [0, 0.05) is 12.0 Å². The third-order valence-corrected chi connectivity index (χ3v) is 3.67. The molecule has 126 valence electrons. The van der Waals surface area contributed by atoms with E-state index in [2.05, 4.69) is 10.5 Å². The summed E-state index contributed by atoms with van der Waals surface area (Å²) in [5.74, 6) is 0.336. The minimum atomic E-state index is -0.456. The summed E-state index contributed by atoms with van der Waals surface area (Å²) < 4.78 is 23.9. The van der Waals surface area contributed by atoms with Crippen molar-refractivity contribution >= 4 is 11.6 Å². The van der Waals surface area contributed by atoms with Gasteiger partial charge in [-0.25, -0.2) is 4.39 Å². The van der Waals surface area contributed by atoms with E-state index in [1.54, 1.807) is 31.2 Å². The second kappa shape index (κ2) is 6.74. The summed E-state index contributed by atoms with van der Waals surface area (Å²) in [6.45, 7) is 2.05. The highest BCUT2D eigenvalue weighted by Crippen LogP contribution is 2.22. The molecular weight excluding hydrogens is 315 g/mol. The number of hydrogen-bond donors (Lipinski definition) is 1. The van der Waals surface area contributed by atoms with Crippen LogP contribution >= 0.6 is 0 Å². The number of nitrogens with zero attached hydrogens (tertiary/aromatic N) is 1. The van der Waals surface area contributed by atoms with E-state index in [1.165, 1.54) is 13.2 Å². The third-order valence-electron chi connectivity index (χ3n) is 3.67. The monoisotopic (exact) mass is 332 g/mol. The van der Waals surface area contributed by atoms with Gasteiger partial charge in [0.25, 0.3) is 5.91 Å². The Kier molecular flexibility index (Phi) is 4.50. The maximum Gasteiger partial charge on any atom is 0.287 e. The summed E-state index contributed by atoms with van der Waals surface area (Å²) >= 11 is 0. The number of nitrogens with one attached hydrogen (secondary N) is 1. The Morgan fingerprint density at radius 1 is 1.42 bits per heavy atom. The molecule has 3 rings (SSSR count). The summed E-state index contributed by atoms with van der Waals surface area (Å²) in [6.07, 6.45) is 0.175. The Labute approximate surface area is 138 Å². The van der Waals surface area contributed by atoms with Crippen LogP contribution in [-0.2, 0) is 4.84 Å². The lowest BCUT2D eigenvalue weighted by molar-refractivity contribution is 0.0739. The molecule has 0 saturated heterocycles. The molecule has 6 nitrogen and oxygen atoms in total. The zero-order valence-electron chi connectivity index (χ0n) is 13.3. The van der Waals surface area contributed by atoms with Crippen molar-refractivity contribution in [2.75, 3.05) is 13.7 Å². The molecule has 1 aliphatic heterocycles. The minimum Gasteiger partial charge on any atom is -0.494 e. The molecule has 1 amide bonds. The van der Waals surface area contributed by atoms with Crippen molar-refractivity contribution in [3.63, 3.8) is 0 Å². The molecular formula is C17H17FN2O4. The molecule has 0 aliphatic carbocycles. The van der Waals surface area contributed by atoms with Gasteiger partial charge in [-0.05, 0) is 37.3 Å². The molecule has 7 heteroatoms. The number of hydrogen-bond acceptors (Lipinski definition) is 5. The number of carbonyl (C=O) groups excluding carboxylic acids is 1. The van der Waals surface area contributed by atoms with E-state index in [9.17, 15) is 9.18 Å². The Bertz CT molecular complexity index is 785. The van der Waals surface area contributed by atoms with E-state index in [-0.39, 0.29) is 30.1 Å². The van der Waals surface area contributed by atoms with Gasteiger partial charge < -0.3 is 19.3 Å². The van der Waals surface area contributed by atoms with Crippen LogP contribution in [0.25, 0.3) is 0 Å². The number of aryl methyl sites for hydroxylation is 1. The van der Waals surface area contributed by atoms with Gasteiger partial charge in [-0.15, -0.1) is 0 Å². The number of ether oxygens (including phenoxy) is 1. The average molecular weight is 332 g/mol. The molecule has 1 aliphatic rings. The van der Waals surface area contributed by atoms with E-state index < -0.39 is 5.82 Å². The molecule has 0 fully saturated rings. The Morgan fingerprint density at radius 2 is 2.25 bits per heavy atom. The van der Waals surface area contributed by atoms with Crippen LogP contribution in [0.15, 0.2) is 39.9 Å². The summed E-state index contributed by atoms with van der Waals surface area (Å²) in [5, 5.41) is 6.70. The van der Waals surface area contributed by atoms with Crippen molar-refractivity contribution in [3.05, 3.63) is 53.2 Å². The van der Waals surface area contributed by atoms with Crippen molar-refractivity contribution in [3.8, 4) is 5.75 Å². The second-order valence-electron chi connectivity index (χ2n) is 5.44. The van der Waals surface area contributed by atoms with Gasteiger partial charge in [0.1, 0.15) is 11.9 Å². The minimum absolute atomic E-state index is 0.177. The van der Waals surface area contributed by atoms with Gasteiger partial charge >= 0.3 is 0 Å². The third kappa shape index (κ3) is 3.40. The first-order chi connectivity index (χ1) is 11.6. The van der Waals surface area contributed by atoms with Gasteiger partial charge in [0.15, 0.2) is 17.3 Å². The quantitative estimate of drug-likeness (QED) is 0.913. The second-order valence-corrected chi connectivity index (χ2v) is 5.44. The molecule has 2 aromatic rings. The van der Waals surface area contributed by atoms with Gasteiger partial charge in [0.2, 0.25) is 0 Å². The highest BCUT2D eigenvalue weighted by Gasteiger charge is 2.24. The van der Waals surface area contributed by atoms with E-state index in [0.717, 1.165) is 0 Å². The van der Waals surface area contributed by atoms with Crippen molar-refractivity contribution in [2.45, 2.75) is 19.4 Å². The number of benzene rings is 1. The van der Waals surface area contributed by atoms with E-state index >= 15 is 0 Å². The molecule has 24 heavy (non-hydrogen) atoms. The van der Waals surface area contributed by atoms with Crippen LogP contribution in [0.2, 0.25) is 0 Å². The first-order valence-corrected chi connectivity index (χ1v) is 7.48. The molecule has 0 radical (unpaired) electrons. The molecule has 1 atom stereocenters. The maximum atomic E-state index is 13.8. The molecule has 0 spiro atoms. The SMILES string of the molecule is COc1ccc(C2=NO[C@@H](CNC(=O)c3ccc(C)o3)C2)cc1F. The fourth-order valence-electron chi connectivity index (χ4n) is 2.40. The zero-order chi connectivity index (χ0) is 17.1. The highest BCUT2D eigenvalue weighted by molar-refractivity contribution is 6.01. The lowest BCUT2D eigenvalue weighted by Gasteiger charge is -2.09. The number of carbonyl (C=O) groups is 1. The molecule has 0 saturated carbocycles. The average Bonchev–Trinajstić information content (AvgIpc) is 3.21. The molecule has 0 unspecified atom stereocenters. The fourth-order valence-corrected chi connectivity index (χ4v) is 2.40. The lowest BCUT2D eigenvalue weighted by Crippen LogP contribution is -2.32. The normalized spacial score (nSPS) is 16.5. The van der Waals surface area contributed by atoms with Gasteiger partial charge in [-0.2, -0.15) is 0 Å². The summed E-state index contributed by atoms with van der Waals surface area (Å²) in [4.78, 5) is 17.2. The van der Waals surface area contributed by atoms with Crippen LogP contribution in [-0.4, -0.2) is 31.4 Å². The molecule has 0 bridgehead atoms. The smallest absolute Gasteiger partial charge is 0.287 e. The zero-order valence-corrected chi connectivity index (χ0v) is 13.3. The first-order valence-electron chi connectivity index (χ1n) is 7.48. The molecule has 1 aromatic heterocycles. The van der Waals surface area contributed by atoms with Gasteiger partial charge in [-0.3, -0.25) is 4.79 Å². The number of methoxy groups -OCH3 is 1. The van der Waals surface area contributed by atoms with Crippen LogP contribution in [0, 0.1) is 12.7 Å². The van der Waals surface area contributed by atoms with Gasteiger partial charge in [0.05, 0.1) is 19.4 Å². The summed E-state index contributed by atoms with van der Waals surface area (Å²) in [6, 6.07) is 7.95. The number of amides is 1. The fraction of sp³-hybridized carbons (Fsp3) is 0.294. The van der Waals surface area contributed by atoms with E-state index in [1.807, 2.05) is 0 Å². The first kappa shape index (κ1) is 16.0. The Morgan fingerprint density at radius 3 is 2.92 bits per heavy atom. The predicted molar refractivity (Wildman–Crippen MR) is 84.8 cm³/mol. The number of rotatable bonds is 5. The van der Waals surface area contributed by atoms with Crippen LogP contribution in [0.4, 0.5) is 4.39 Å². The summed E-state index contributed by atoms with van der Waals surface area (Å²) in [5.41, 5.74) is 1.26. The van der Waals surface area contributed by atoms with Crippen molar-refractivity contribution < 1.29 is 23.2 Å². The Hall–Kier alpha value is -2.83. The largest absolute Gasteiger partial charge is 0.494 e. The van der Waals surface area contributed by atoms with Crippen LogP contribution in [0.3, 0.4) is 0 Å². The predicted octanol–water partition coefficient (Wildman–Crippen LogP) is 2.66. The van der Waals surface area contributed by atoms with Gasteiger partial charge in [-0.1, -0.05) is 5.16 Å². The maximum absolute atomic E-state index is 13.8. The van der Waals surface area contributed by atoms with E-state index in [4.69, 9.17) is 14.0 Å². The van der Waals surface area contributed by atoms with Crippen molar-refractivity contribution in [1.29, 1.82) is 0 Å². The number of oxime groups is 1. The molecule has 2 heterocycles. The van der Waals surface area contributed by atoms with Crippen molar-refractivity contribution in [1.82, 2.24) is 5.32 Å². The molecule has 1 aromatic carbocycles. The molecule has 1 N–H and O–H groups in total.